The molecule has 1 heterocycles. The fraction of sp³-hybridized carbons (Fsp3) is 0.333. The van der Waals surface area contributed by atoms with E-state index in [1.807, 2.05) is 48.5 Å². The summed E-state index contributed by atoms with van der Waals surface area (Å²) in [5, 5.41) is 14.3. The first-order valence-electron chi connectivity index (χ1n) is 7.59. The molecule has 3 nitrogen and oxygen atoms in total. The van der Waals surface area contributed by atoms with Crippen LogP contribution >= 0.6 is 0 Å². The molecule has 0 aromatic heterocycles. The summed E-state index contributed by atoms with van der Waals surface area (Å²) in [5.74, 6) is 0. The number of hydrogen-bond acceptors (Lipinski definition) is 3. The highest BCUT2D eigenvalue weighted by atomic mass is 16.3. The van der Waals surface area contributed by atoms with Crippen molar-refractivity contribution in [2.45, 2.75) is 12.1 Å². The van der Waals surface area contributed by atoms with Gasteiger partial charge in [-0.3, -0.25) is 4.90 Å². The Morgan fingerprint density at radius 2 is 1.33 bits per heavy atom. The van der Waals surface area contributed by atoms with Crippen LogP contribution in [0.4, 0.5) is 0 Å². The Hall–Kier alpha value is -1.68. The minimum atomic E-state index is -0.508. The molecule has 21 heavy (non-hydrogen) atoms. The first kappa shape index (κ1) is 14.3. The van der Waals surface area contributed by atoms with E-state index in [1.54, 1.807) is 0 Å². The lowest BCUT2D eigenvalue weighted by Crippen LogP contribution is -2.46. The average Bonchev–Trinajstić information content (AvgIpc) is 2.58. The van der Waals surface area contributed by atoms with Gasteiger partial charge < -0.3 is 10.4 Å². The largest absolute Gasteiger partial charge is 0.386 e. The van der Waals surface area contributed by atoms with Crippen LogP contribution in [-0.2, 0) is 0 Å². The molecule has 1 aliphatic heterocycles. The van der Waals surface area contributed by atoms with Crippen LogP contribution in [0.15, 0.2) is 60.7 Å². The van der Waals surface area contributed by atoms with Crippen molar-refractivity contribution >= 4 is 0 Å². The van der Waals surface area contributed by atoms with Gasteiger partial charge in [0.1, 0.15) is 0 Å². The van der Waals surface area contributed by atoms with Gasteiger partial charge in [0.2, 0.25) is 0 Å². The molecule has 0 unspecified atom stereocenters. The Bertz CT molecular complexity index is 538. The zero-order valence-corrected chi connectivity index (χ0v) is 12.2. The highest BCUT2D eigenvalue weighted by Crippen LogP contribution is 2.34. The Kier molecular flexibility index (Phi) is 4.65. The molecule has 0 amide bonds. The minimum absolute atomic E-state index is 0.00991. The lowest BCUT2D eigenvalue weighted by Gasteiger charge is -2.38. The molecule has 0 spiro atoms. The molecule has 2 atom stereocenters. The van der Waals surface area contributed by atoms with Crippen LogP contribution in [0, 0.1) is 0 Å². The highest BCUT2D eigenvalue weighted by molar-refractivity contribution is 5.26. The third-order valence-corrected chi connectivity index (χ3v) is 4.13. The molecule has 3 rings (SSSR count). The van der Waals surface area contributed by atoms with Crippen molar-refractivity contribution in [3.63, 3.8) is 0 Å². The standard InChI is InChI=1S/C18H22N2O/c21-18(16-9-5-2-6-10-16)17(15-7-3-1-4-8-15)20-13-11-19-12-14-20/h1-10,17-19,21H,11-14H2/t17-,18+/m1/s1. The molecule has 0 radical (unpaired) electrons. The summed E-state index contributed by atoms with van der Waals surface area (Å²) in [6.07, 6.45) is -0.508. The van der Waals surface area contributed by atoms with E-state index < -0.39 is 6.10 Å². The van der Waals surface area contributed by atoms with Crippen LogP contribution in [0.25, 0.3) is 0 Å². The molecular formula is C18H22N2O. The smallest absolute Gasteiger partial charge is 0.0986 e. The predicted molar refractivity (Wildman–Crippen MR) is 85.0 cm³/mol. The number of nitrogens with one attached hydrogen (secondary N) is 1. The monoisotopic (exact) mass is 282 g/mol. The summed E-state index contributed by atoms with van der Waals surface area (Å²) in [4.78, 5) is 2.38. The number of aliphatic hydroxyl groups is 1. The molecule has 1 aliphatic rings. The van der Waals surface area contributed by atoms with E-state index in [9.17, 15) is 5.11 Å². The highest BCUT2D eigenvalue weighted by Gasteiger charge is 2.29. The van der Waals surface area contributed by atoms with E-state index in [1.165, 1.54) is 5.56 Å². The van der Waals surface area contributed by atoms with Crippen LogP contribution in [0.3, 0.4) is 0 Å². The second kappa shape index (κ2) is 6.85. The lowest BCUT2D eigenvalue weighted by atomic mass is 9.94. The van der Waals surface area contributed by atoms with Gasteiger partial charge >= 0.3 is 0 Å². The van der Waals surface area contributed by atoms with Gasteiger partial charge in [-0.15, -0.1) is 0 Å². The van der Waals surface area contributed by atoms with Crippen molar-refractivity contribution in [3.8, 4) is 0 Å². The topological polar surface area (TPSA) is 35.5 Å². The van der Waals surface area contributed by atoms with Gasteiger partial charge in [-0.1, -0.05) is 60.7 Å². The van der Waals surface area contributed by atoms with Crippen molar-refractivity contribution in [1.29, 1.82) is 0 Å². The van der Waals surface area contributed by atoms with E-state index in [0.29, 0.717) is 0 Å². The first-order chi connectivity index (χ1) is 10.4. The van der Waals surface area contributed by atoms with Gasteiger partial charge in [-0.25, -0.2) is 0 Å². The molecule has 3 heteroatoms. The van der Waals surface area contributed by atoms with E-state index in [4.69, 9.17) is 0 Å². The van der Waals surface area contributed by atoms with Crippen LogP contribution in [0.5, 0.6) is 0 Å². The van der Waals surface area contributed by atoms with E-state index in [-0.39, 0.29) is 6.04 Å². The average molecular weight is 282 g/mol. The third kappa shape index (κ3) is 3.32. The summed E-state index contributed by atoms with van der Waals surface area (Å²) in [6, 6.07) is 20.3. The van der Waals surface area contributed by atoms with Gasteiger partial charge in [0.25, 0.3) is 0 Å². The number of rotatable bonds is 4. The Balaban J connectivity index is 1.92. The van der Waals surface area contributed by atoms with Crippen LogP contribution in [-0.4, -0.2) is 36.2 Å². The second-order valence-electron chi connectivity index (χ2n) is 5.50. The summed E-state index contributed by atoms with van der Waals surface area (Å²) >= 11 is 0. The number of aliphatic hydroxyl groups excluding tert-OH is 1. The summed E-state index contributed by atoms with van der Waals surface area (Å²) in [5.41, 5.74) is 2.15. The number of nitrogens with zero attached hydrogens (tertiary/aromatic N) is 1. The molecule has 2 aromatic carbocycles. The maximum Gasteiger partial charge on any atom is 0.0986 e. The van der Waals surface area contributed by atoms with Crippen LogP contribution in [0.1, 0.15) is 23.3 Å². The maximum absolute atomic E-state index is 10.9. The van der Waals surface area contributed by atoms with E-state index in [2.05, 4.69) is 22.3 Å². The van der Waals surface area contributed by atoms with Crippen LogP contribution < -0.4 is 5.32 Å². The number of hydrogen-bond donors (Lipinski definition) is 2. The van der Waals surface area contributed by atoms with Gasteiger partial charge in [0.05, 0.1) is 12.1 Å². The molecule has 110 valence electrons. The first-order valence-corrected chi connectivity index (χ1v) is 7.59. The molecular weight excluding hydrogens is 260 g/mol. The van der Waals surface area contributed by atoms with Gasteiger partial charge in [-0.05, 0) is 11.1 Å². The van der Waals surface area contributed by atoms with Crippen molar-refractivity contribution in [2.75, 3.05) is 26.2 Å². The van der Waals surface area contributed by atoms with Crippen molar-refractivity contribution < 1.29 is 5.11 Å². The summed E-state index contributed by atoms with van der Waals surface area (Å²) < 4.78 is 0. The normalized spacial score (nSPS) is 19.1. The molecule has 0 saturated carbocycles. The predicted octanol–water partition coefficient (Wildman–Crippen LogP) is 2.37. The molecule has 0 bridgehead atoms. The fourth-order valence-electron chi connectivity index (χ4n) is 3.04. The van der Waals surface area contributed by atoms with E-state index >= 15 is 0 Å². The zero-order chi connectivity index (χ0) is 14.5. The Labute approximate surface area is 126 Å². The summed E-state index contributed by atoms with van der Waals surface area (Å²) in [7, 11) is 0. The van der Waals surface area contributed by atoms with Gasteiger partial charge in [0, 0.05) is 26.2 Å². The van der Waals surface area contributed by atoms with Gasteiger partial charge in [0.15, 0.2) is 0 Å². The van der Waals surface area contributed by atoms with Crippen molar-refractivity contribution in [3.05, 3.63) is 71.8 Å². The fourth-order valence-corrected chi connectivity index (χ4v) is 3.04. The minimum Gasteiger partial charge on any atom is -0.386 e. The van der Waals surface area contributed by atoms with Crippen molar-refractivity contribution in [2.24, 2.45) is 0 Å². The van der Waals surface area contributed by atoms with Crippen LogP contribution in [0.2, 0.25) is 0 Å². The Morgan fingerprint density at radius 1 is 0.810 bits per heavy atom. The molecule has 2 aromatic rings. The number of benzene rings is 2. The molecule has 2 N–H and O–H groups in total. The quantitative estimate of drug-likeness (QED) is 0.903. The number of piperazine rings is 1. The molecule has 0 aliphatic carbocycles. The van der Waals surface area contributed by atoms with Gasteiger partial charge in [-0.2, -0.15) is 0 Å². The van der Waals surface area contributed by atoms with Crippen molar-refractivity contribution in [1.82, 2.24) is 10.2 Å². The lowest BCUT2D eigenvalue weighted by molar-refractivity contribution is 0.0401. The Morgan fingerprint density at radius 3 is 1.90 bits per heavy atom. The third-order valence-electron chi connectivity index (χ3n) is 4.13. The SMILES string of the molecule is O[C@@H](c1ccccc1)[C@@H](c1ccccc1)N1CCNCC1. The summed E-state index contributed by atoms with van der Waals surface area (Å²) in [6.45, 7) is 3.88. The van der Waals surface area contributed by atoms with E-state index in [0.717, 1.165) is 31.7 Å². The molecule has 1 saturated heterocycles. The molecule has 1 fully saturated rings. The zero-order valence-electron chi connectivity index (χ0n) is 12.2. The second-order valence-corrected chi connectivity index (χ2v) is 5.50. The maximum atomic E-state index is 10.9.